The second-order valence-electron chi connectivity index (χ2n) is 5.29. The minimum Gasteiger partial charge on any atom is -0.371 e. The van der Waals surface area contributed by atoms with Crippen LogP contribution in [0, 0.1) is 0 Å². The Morgan fingerprint density at radius 3 is 2.47 bits per heavy atom. The van der Waals surface area contributed by atoms with Crippen LogP contribution in [-0.2, 0) is 16.1 Å². The van der Waals surface area contributed by atoms with Crippen LogP contribution < -0.4 is 4.90 Å². The molecule has 0 N–H and O–H groups in total. The standard InChI is InChI=1S/C15H18N2O2/c18-13-9-15(19)17(11-13)10-12-5-1-2-6-14(12)16-7-3-4-8-16/h1-2,5-6H,3-4,7-11H2. The number of Topliss-reactive ketones (excluding diaryl/α,β-unsaturated/α-hetero) is 1. The molecule has 3 rings (SSSR count). The van der Waals surface area contributed by atoms with Gasteiger partial charge in [-0.05, 0) is 24.5 Å². The third-order valence-electron chi connectivity index (χ3n) is 3.87. The first-order valence-electron chi connectivity index (χ1n) is 6.86. The fourth-order valence-electron chi connectivity index (χ4n) is 2.90. The van der Waals surface area contributed by atoms with Gasteiger partial charge in [-0.2, -0.15) is 0 Å². The molecule has 0 radical (unpaired) electrons. The maximum atomic E-state index is 11.7. The molecule has 0 saturated carbocycles. The van der Waals surface area contributed by atoms with Gasteiger partial charge in [-0.15, -0.1) is 0 Å². The first kappa shape index (κ1) is 12.2. The largest absolute Gasteiger partial charge is 0.371 e. The Hall–Kier alpha value is -1.84. The molecular weight excluding hydrogens is 240 g/mol. The molecule has 2 aliphatic heterocycles. The zero-order valence-electron chi connectivity index (χ0n) is 11.0. The van der Waals surface area contributed by atoms with Crippen molar-refractivity contribution in [3.05, 3.63) is 29.8 Å². The molecule has 1 aromatic rings. The number of ketones is 1. The van der Waals surface area contributed by atoms with Crippen molar-refractivity contribution in [2.24, 2.45) is 0 Å². The number of nitrogens with zero attached hydrogens (tertiary/aromatic N) is 2. The Morgan fingerprint density at radius 2 is 1.79 bits per heavy atom. The number of hydrogen-bond acceptors (Lipinski definition) is 3. The van der Waals surface area contributed by atoms with Crippen molar-refractivity contribution in [3.8, 4) is 0 Å². The van der Waals surface area contributed by atoms with E-state index in [2.05, 4.69) is 17.0 Å². The van der Waals surface area contributed by atoms with Crippen LogP contribution in [0.5, 0.6) is 0 Å². The van der Waals surface area contributed by atoms with Gasteiger partial charge in [-0.25, -0.2) is 0 Å². The Morgan fingerprint density at radius 1 is 1.05 bits per heavy atom. The fourth-order valence-corrected chi connectivity index (χ4v) is 2.90. The highest BCUT2D eigenvalue weighted by Crippen LogP contribution is 2.26. The van der Waals surface area contributed by atoms with Crippen molar-refractivity contribution in [1.29, 1.82) is 0 Å². The van der Waals surface area contributed by atoms with Crippen molar-refractivity contribution in [2.75, 3.05) is 24.5 Å². The molecular formula is C15H18N2O2. The third-order valence-corrected chi connectivity index (χ3v) is 3.87. The van der Waals surface area contributed by atoms with E-state index in [-0.39, 0.29) is 24.7 Å². The predicted molar refractivity (Wildman–Crippen MR) is 72.9 cm³/mol. The number of carbonyl (C=O) groups excluding carboxylic acids is 2. The molecule has 1 aromatic carbocycles. The summed E-state index contributed by atoms with van der Waals surface area (Å²) in [4.78, 5) is 27.1. The van der Waals surface area contributed by atoms with Gasteiger partial charge in [0, 0.05) is 25.3 Å². The van der Waals surface area contributed by atoms with Crippen molar-refractivity contribution in [3.63, 3.8) is 0 Å². The van der Waals surface area contributed by atoms with E-state index in [9.17, 15) is 9.59 Å². The van der Waals surface area contributed by atoms with Crippen LogP contribution >= 0.6 is 0 Å². The normalized spacial score (nSPS) is 19.6. The lowest BCUT2D eigenvalue weighted by Gasteiger charge is -2.23. The van der Waals surface area contributed by atoms with E-state index in [1.54, 1.807) is 4.90 Å². The second-order valence-corrected chi connectivity index (χ2v) is 5.29. The van der Waals surface area contributed by atoms with Gasteiger partial charge in [-0.3, -0.25) is 9.59 Å². The first-order valence-corrected chi connectivity index (χ1v) is 6.86. The molecule has 0 aliphatic carbocycles. The highest BCUT2D eigenvalue weighted by molar-refractivity contribution is 6.05. The Balaban J connectivity index is 1.80. The molecule has 1 amide bonds. The van der Waals surface area contributed by atoms with Gasteiger partial charge in [-0.1, -0.05) is 18.2 Å². The molecule has 0 unspecified atom stereocenters. The van der Waals surface area contributed by atoms with Crippen molar-refractivity contribution < 1.29 is 9.59 Å². The van der Waals surface area contributed by atoms with Crippen LogP contribution in [0.15, 0.2) is 24.3 Å². The number of likely N-dealkylation sites (tertiary alicyclic amines) is 1. The number of para-hydroxylation sites is 1. The maximum Gasteiger partial charge on any atom is 0.230 e. The number of rotatable bonds is 3. The monoisotopic (exact) mass is 258 g/mol. The summed E-state index contributed by atoms with van der Waals surface area (Å²) >= 11 is 0. The molecule has 2 fully saturated rings. The van der Waals surface area contributed by atoms with Crippen LogP contribution in [0.2, 0.25) is 0 Å². The minimum atomic E-state index is -0.0405. The van der Waals surface area contributed by atoms with E-state index >= 15 is 0 Å². The van der Waals surface area contributed by atoms with Gasteiger partial charge in [0.05, 0.1) is 13.0 Å². The van der Waals surface area contributed by atoms with E-state index in [1.807, 2.05) is 12.1 Å². The molecule has 2 aliphatic rings. The van der Waals surface area contributed by atoms with E-state index in [4.69, 9.17) is 0 Å². The highest BCUT2D eigenvalue weighted by atomic mass is 16.2. The second kappa shape index (κ2) is 5.03. The Kier molecular flexibility index (Phi) is 3.23. The lowest BCUT2D eigenvalue weighted by Crippen LogP contribution is -2.27. The first-order chi connectivity index (χ1) is 9.24. The van der Waals surface area contributed by atoms with Gasteiger partial charge in [0.25, 0.3) is 0 Å². The topological polar surface area (TPSA) is 40.6 Å². The van der Waals surface area contributed by atoms with E-state index < -0.39 is 0 Å². The zero-order chi connectivity index (χ0) is 13.2. The summed E-state index contributed by atoms with van der Waals surface area (Å²) in [6.07, 6.45) is 2.54. The van der Waals surface area contributed by atoms with Crippen LogP contribution in [0.25, 0.3) is 0 Å². The number of amides is 1. The molecule has 0 aromatic heterocycles. The summed E-state index contributed by atoms with van der Waals surface area (Å²) in [6.45, 7) is 3.00. The summed E-state index contributed by atoms with van der Waals surface area (Å²) in [5.74, 6) is -0.00937. The average molecular weight is 258 g/mol. The number of carbonyl (C=O) groups is 2. The van der Waals surface area contributed by atoms with Crippen LogP contribution in [-0.4, -0.2) is 36.2 Å². The fraction of sp³-hybridized carbons (Fsp3) is 0.467. The van der Waals surface area contributed by atoms with Crippen LogP contribution in [0.3, 0.4) is 0 Å². The van der Waals surface area contributed by atoms with Gasteiger partial charge in [0.15, 0.2) is 5.78 Å². The number of anilines is 1. The quantitative estimate of drug-likeness (QED) is 0.773. The molecule has 0 spiro atoms. The average Bonchev–Trinajstić information content (AvgIpc) is 3.01. The van der Waals surface area contributed by atoms with Crippen molar-refractivity contribution >= 4 is 17.4 Å². The van der Waals surface area contributed by atoms with Crippen molar-refractivity contribution in [1.82, 2.24) is 4.90 Å². The van der Waals surface area contributed by atoms with Crippen molar-refractivity contribution in [2.45, 2.75) is 25.8 Å². The molecule has 0 atom stereocenters. The molecule has 19 heavy (non-hydrogen) atoms. The lowest BCUT2D eigenvalue weighted by atomic mass is 10.1. The van der Waals surface area contributed by atoms with Crippen LogP contribution in [0.4, 0.5) is 5.69 Å². The number of hydrogen-bond donors (Lipinski definition) is 0. The summed E-state index contributed by atoms with van der Waals surface area (Å²) in [7, 11) is 0. The van der Waals surface area contributed by atoms with E-state index in [1.165, 1.54) is 18.5 Å². The molecule has 4 nitrogen and oxygen atoms in total. The predicted octanol–water partition coefficient (Wildman–Crippen LogP) is 1.59. The number of benzene rings is 1. The summed E-state index contributed by atoms with van der Waals surface area (Å²) in [6, 6.07) is 8.21. The smallest absolute Gasteiger partial charge is 0.230 e. The molecule has 2 saturated heterocycles. The highest BCUT2D eigenvalue weighted by Gasteiger charge is 2.28. The summed E-state index contributed by atoms with van der Waals surface area (Å²) < 4.78 is 0. The molecule has 0 bridgehead atoms. The zero-order valence-corrected chi connectivity index (χ0v) is 11.0. The lowest BCUT2D eigenvalue weighted by molar-refractivity contribution is -0.128. The summed E-state index contributed by atoms with van der Waals surface area (Å²) in [5, 5.41) is 0. The van der Waals surface area contributed by atoms with E-state index in [0.717, 1.165) is 18.7 Å². The Bertz CT molecular complexity index is 507. The van der Waals surface area contributed by atoms with E-state index in [0.29, 0.717) is 6.54 Å². The summed E-state index contributed by atoms with van der Waals surface area (Å²) in [5.41, 5.74) is 2.36. The maximum absolute atomic E-state index is 11.7. The third kappa shape index (κ3) is 2.48. The van der Waals surface area contributed by atoms with Crippen LogP contribution in [0.1, 0.15) is 24.8 Å². The van der Waals surface area contributed by atoms with Gasteiger partial charge in [0.1, 0.15) is 0 Å². The molecule has 4 heteroatoms. The molecule has 2 heterocycles. The van der Waals surface area contributed by atoms with Gasteiger partial charge >= 0.3 is 0 Å². The molecule has 100 valence electrons. The van der Waals surface area contributed by atoms with Gasteiger partial charge < -0.3 is 9.80 Å². The minimum absolute atomic E-state index is 0.0312. The SMILES string of the molecule is O=C1CC(=O)N(Cc2ccccc2N2CCCC2)C1. The van der Waals surface area contributed by atoms with Gasteiger partial charge in [0.2, 0.25) is 5.91 Å². The Labute approximate surface area is 113 Å².